The minimum absolute atomic E-state index is 0.0147. The van der Waals surface area contributed by atoms with Crippen molar-refractivity contribution in [2.45, 2.75) is 196 Å². The smallest absolute Gasteiger partial charge is 0.383 e. The molecule has 4 heterocycles. The Morgan fingerprint density at radius 2 is 1.08 bits per heavy atom. The zero-order valence-corrected chi connectivity index (χ0v) is 36.8. The zero-order chi connectivity index (χ0) is 43.3. The van der Waals surface area contributed by atoms with Gasteiger partial charge in [-0.05, 0) is 105 Å². The molecule has 0 aromatic heterocycles. The average Bonchev–Trinajstić information content (AvgIpc) is 4.01. The van der Waals surface area contributed by atoms with Gasteiger partial charge in [0.25, 0.3) is 0 Å². The van der Waals surface area contributed by atoms with Crippen LogP contribution in [0.2, 0.25) is 0 Å². The first-order valence-corrected chi connectivity index (χ1v) is 23.4. The van der Waals surface area contributed by atoms with Crippen LogP contribution in [0, 0.1) is 45.3 Å². The Morgan fingerprint density at radius 3 is 1.57 bits per heavy atom. The Balaban J connectivity index is 0.000000141. The minimum atomic E-state index is -5.80. The number of allylic oxidation sites excluding steroid dienone is 2. The van der Waals surface area contributed by atoms with Gasteiger partial charge in [-0.15, -0.1) is 0 Å². The maximum absolute atomic E-state index is 14.6. The van der Waals surface area contributed by atoms with Gasteiger partial charge in [-0.3, -0.25) is 4.79 Å². The van der Waals surface area contributed by atoms with Crippen LogP contribution in [0.3, 0.4) is 0 Å². The molecular weight excluding hydrogens is 800 g/mol. The number of halogens is 5. The molecule has 8 nitrogen and oxygen atoms in total. The summed E-state index contributed by atoms with van der Waals surface area (Å²) in [5, 5.41) is 10.9. The molecule has 0 aromatic carbocycles. The Bertz CT molecular complexity index is 1960. The highest BCUT2D eigenvalue weighted by atomic mass is 19.4. The average molecular weight is 865 g/mol. The van der Waals surface area contributed by atoms with Crippen molar-refractivity contribution in [3.63, 3.8) is 0 Å². The Kier molecular flexibility index (Phi) is 8.50. The van der Waals surface area contributed by atoms with Crippen LogP contribution in [0.5, 0.6) is 0 Å². The van der Waals surface area contributed by atoms with Crippen molar-refractivity contribution in [1.82, 2.24) is 0 Å². The van der Waals surface area contributed by atoms with E-state index in [0.717, 1.165) is 70.2 Å². The largest absolute Gasteiger partial charge is 0.456 e. The van der Waals surface area contributed by atoms with Gasteiger partial charge >= 0.3 is 12.1 Å². The van der Waals surface area contributed by atoms with Crippen molar-refractivity contribution in [3.05, 3.63) is 23.3 Å². The predicted octanol–water partition coefficient (Wildman–Crippen LogP) is 9.71. The summed E-state index contributed by atoms with van der Waals surface area (Å²) in [4.78, 5) is 12.5. The molecule has 0 bridgehead atoms. The number of hydrogen-bond donors (Lipinski definition) is 1. The lowest BCUT2D eigenvalue weighted by Gasteiger charge is -2.54. The second-order valence-corrected chi connectivity index (χ2v) is 24.0. The highest BCUT2D eigenvalue weighted by Gasteiger charge is 2.83. The van der Waals surface area contributed by atoms with E-state index in [0.29, 0.717) is 62.9 Å². The maximum atomic E-state index is 14.6. The SMILES string of the molecule is CC1(C)COC2(CC[C@]34O[C@]3(CCC3C4=CC[C@@]4(C)C3CC[C@@]4(O)C(F)(F)C(F)(F)F)C2)OC1.CC1(C)COC2(CC[C@]34O[C@]3(CCC3C4=CC[C@]4(C)C(=O)CCC34)C2)OC1. The molecule has 6 saturated carbocycles. The van der Waals surface area contributed by atoms with E-state index in [1.54, 1.807) is 0 Å². The fraction of sp³-hybridized carbons (Fsp3) is 0.896. The number of ether oxygens (including phenoxy) is 6. The van der Waals surface area contributed by atoms with E-state index in [-0.39, 0.29) is 46.2 Å². The number of fused-ring (bicyclic) bond motifs is 6. The summed E-state index contributed by atoms with van der Waals surface area (Å²) < 4.78 is 108. The van der Waals surface area contributed by atoms with E-state index in [1.807, 2.05) is 6.08 Å². The first-order chi connectivity index (χ1) is 28.3. The lowest BCUT2D eigenvalue weighted by atomic mass is 9.52. The summed E-state index contributed by atoms with van der Waals surface area (Å²) in [6, 6.07) is 0. The van der Waals surface area contributed by atoms with Crippen LogP contribution in [0.15, 0.2) is 23.3 Å². The maximum Gasteiger partial charge on any atom is 0.456 e. The Morgan fingerprint density at radius 1 is 0.607 bits per heavy atom. The third-order valence-corrected chi connectivity index (χ3v) is 19.4. The minimum Gasteiger partial charge on any atom is -0.383 e. The summed E-state index contributed by atoms with van der Waals surface area (Å²) in [5.41, 5.74) is -3.22. The quantitative estimate of drug-likeness (QED) is 0.158. The van der Waals surface area contributed by atoms with E-state index in [2.05, 4.69) is 40.7 Å². The van der Waals surface area contributed by atoms with Gasteiger partial charge in [-0.2, -0.15) is 22.0 Å². The fourth-order valence-corrected chi connectivity index (χ4v) is 15.7. The van der Waals surface area contributed by atoms with Crippen molar-refractivity contribution in [3.8, 4) is 0 Å². The summed E-state index contributed by atoms with van der Waals surface area (Å²) in [6.45, 7) is 15.0. The van der Waals surface area contributed by atoms with Crippen molar-refractivity contribution in [1.29, 1.82) is 0 Å². The number of hydrogen-bond acceptors (Lipinski definition) is 8. The highest BCUT2D eigenvalue weighted by Crippen LogP contribution is 2.76. The molecule has 11 atom stereocenters. The third kappa shape index (κ3) is 5.37. The molecule has 0 radical (unpaired) electrons. The van der Waals surface area contributed by atoms with Crippen LogP contribution >= 0.6 is 0 Å². The summed E-state index contributed by atoms with van der Waals surface area (Å²) in [5.74, 6) is -5.31. The van der Waals surface area contributed by atoms with Gasteiger partial charge in [0.1, 0.15) is 33.8 Å². The molecule has 8 aliphatic carbocycles. The van der Waals surface area contributed by atoms with E-state index >= 15 is 0 Å². The predicted molar refractivity (Wildman–Crippen MR) is 211 cm³/mol. The second-order valence-electron chi connectivity index (χ2n) is 24.0. The number of ketones is 1. The molecular formula is C48H65F5O8. The van der Waals surface area contributed by atoms with Gasteiger partial charge in [0.15, 0.2) is 11.6 Å². The third-order valence-electron chi connectivity index (χ3n) is 19.4. The van der Waals surface area contributed by atoms with E-state index < -0.39 is 58.2 Å². The molecule has 0 amide bonds. The summed E-state index contributed by atoms with van der Waals surface area (Å²) in [7, 11) is 0. The molecule has 0 aromatic rings. The monoisotopic (exact) mass is 864 g/mol. The molecule has 10 fully saturated rings. The molecule has 13 heteroatoms. The van der Waals surface area contributed by atoms with Crippen LogP contribution in [-0.2, 0) is 33.2 Å². The van der Waals surface area contributed by atoms with E-state index in [9.17, 15) is 31.9 Å². The van der Waals surface area contributed by atoms with Crippen LogP contribution < -0.4 is 0 Å². The number of carbonyl (C=O) groups is 1. The van der Waals surface area contributed by atoms with Gasteiger partial charge in [0.2, 0.25) is 0 Å². The van der Waals surface area contributed by atoms with Gasteiger partial charge < -0.3 is 33.5 Å². The van der Waals surface area contributed by atoms with Crippen molar-refractivity contribution in [2.24, 2.45) is 45.3 Å². The number of alkyl halides is 5. The van der Waals surface area contributed by atoms with Crippen LogP contribution in [0.4, 0.5) is 22.0 Å². The molecule has 12 rings (SSSR count). The van der Waals surface area contributed by atoms with Crippen LogP contribution in [-0.4, -0.2) is 89.0 Å². The number of epoxide rings is 2. The Labute approximate surface area is 356 Å². The number of aliphatic hydroxyl groups is 1. The first kappa shape index (κ1) is 42.2. The molecule has 1 N–H and O–H groups in total. The topological polar surface area (TPSA) is 99.3 Å². The fourth-order valence-electron chi connectivity index (χ4n) is 15.7. The zero-order valence-electron chi connectivity index (χ0n) is 36.8. The molecule has 61 heavy (non-hydrogen) atoms. The molecule has 4 unspecified atom stereocenters. The molecule has 4 saturated heterocycles. The van der Waals surface area contributed by atoms with Crippen molar-refractivity contribution < 1.29 is 60.3 Å². The number of carbonyl (C=O) groups excluding carboxylic acids is 1. The van der Waals surface area contributed by atoms with Crippen LogP contribution in [0.25, 0.3) is 0 Å². The lowest BCUT2D eigenvalue weighted by molar-refractivity contribution is -0.361. The van der Waals surface area contributed by atoms with Crippen molar-refractivity contribution >= 4 is 5.78 Å². The van der Waals surface area contributed by atoms with E-state index in [1.165, 1.54) is 12.5 Å². The Hall–Kier alpha value is -1.48. The molecule has 340 valence electrons. The second kappa shape index (κ2) is 12.3. The van der Waals surface area contributed by atoms with Gasteiger partial charge in [-0.25, -0.2) is 0 Å². The number of rotatable bonds is 1. The lowest BCUT2D eigenvalue weighted by Crippen LogP contribution is -2.65. The summed E-state index contributed by atoms with van der Waals surface area (Å²) >= 11 is 0. The normalized spacial score (nSPS) is 50.1. The van der Waals surface area contributed by atoms with Crippen LogP contribution in [0.1, 0.15) is 144 Å². The molecule has 12 aliphatic rings. The van der Waals surface area contributed by atoms with Gasteiger partial charge in [0.05, 0.1) is 26.4 Å². The first-order valence-electron chi connectivity index (χ1n) is 23.4. The number of Topliss-reactive ketones (excluding diaryl/α,β-unsaturated/α-hetero) is 1. The summed E-state index contributed by atoms with van der Waals surface area (Å²) in [6.07, 6.45) is 9.12. The molecule has 4 aliphatic heterocycles. The molecule has 2 spiro atoms. The van der Waals surface area contributed by atoms with Gasteiger partial charge in [-0.1, -0.05) is 53.7 Å². The van der Waals surface area contributed by atoms with Crippen molar-refractivity contribution in [2.75, 3.05) is 26.4 Å². The van der Waals surface area contributed by atoms with E-state index in [4.69, 9.17) is 28.4 Å². The van der Waals surface area contributed by atoms with Gasteiger partial charge in [0, 0.05) is 53.8 Å². The highest BCUT2D eigenvalue weighted by molar-refractivity contribution is 5.87. The standard InChI is InChI=1S/C25H33F5O4.C23H32O4/c1-18(2)13-32-21(33-14-18)10-11-22-17-5-7-19(3)16(15(17)4-8-20(22,12-21)34-22)6-9-23(19,31)24(26,27)25(28,29)30;1-19(2)13-25-22(26-14-19)10-11-23-17-7-8-20(3)16(4-5-18(20)24)15(17)6-9-21(23,12-22)27-23/h5,15-16,31H,4,6-14H2,1-3H3;7,15-16H,4-6,8-14H2,1-3H3/t15?,16?,19-,20+,22+,23-;15?,16?,20-,21+,23+/m00/s1.